The number of hydrogen-bond acceptors (Lipinski definition) is 3. The average molecular weight is 284 g/mol. The summed E-state index contributed by atoms with van der Waals surface area (Å²) in [7, 11) is 0. The molecule has 3 nitrogen and oxygen atoms in total. The van der Waals surface area contributed by atoms with E-state index in [4.69, 9.17) is 0 Å². The Morgan fingerprint density at radius 1 is 1.19 bits per heavy atom. The van der Waals surface area contributed by atoms with E-state index >= 15 is 0 Å². The van der Waals surface area contributed by atoms with Gasteiger partial charge in [0.25, 0.3) is 0 Å². The normalized spacial score (nSPS) is 19.0. The Balaban J connectivity index is 1.82. The van der Waals surface area contributed by atoms with Crippen LogP contribution in [0.1, 0.15) is 38.3 Å². The van der Waals surface area contributed by atoms with E-state index in [1.165, 1.54) is 12.8 Å². The molecule has 0 atom stereocenters. The van der Waals surface area contributed by atoms with E-state index in [0.29, 0.717) is 0 Å². The van der Waals surface area contributed by atoms with Gasteiger partial charge in [0.2, 0.25) is 0 Å². The topological polar surface area (TPSA) is 36.4 Å². The van der Waals surface area contributed by atoms with E-state index < -0.39 is 5.60 Å². The fourth-order valence-electron chi connectivity index (χ4n) is 3.26. The second kappa shape index (κ2) is 6.12. The molecule has 1 N–H and O–H groups in total. The number of piperidine rings is 1. The maximum absolute atomic E-state index is 11.1. The lowest BCUT2D eigenvalue weighted by Gasteiger charge is -2.38. The molecule has 1 aromatic carbocycles. The largest absolute Gasteiger partial charge is 0.383 e. The SMILES string of the molecule is CCCCN1CCC(O)(c2nccc3ccccc23)CC1. The molecule has 2 heterocycles. The minimum absolute atomic E-state index is 0.774. The predicted octanol–water partition coefficient (Wildman–Crippen LogP) is 3.32. The third-order valence-electron chi connectivity index (χ3n) is 4.63. The van der Waals surface area contributed by atoms with Crippen LogP contribution < -0.4 is 0 Å². The molecule has 1 aromatic heterocycles. The molecular weight excluding hydrogens is 260 g/mol. The number of aromatic nitrogens is 1. The van der Waals surface area contributed by atoms with Gasteiger partial charge in [0, 0.05) is 24.7 Å². The van der Waals surface area contributed by atoms with Crippen molar-refractivity contribution >= 4 is 10.8 Å². The first-order valence-corrected chi connectivity index (χ1v) is 8.02. The Labute approximate surface area is 126 Å². The lowest BCUT2D eigenvalue weighted by Crippen LogP contribution is -2.43. The first-order chi connectivity index (χ1) is 10.2. The van der Waals surface area contributed by atoms with Crippen LogP contribution >= 0.6 is 0 Å². The number of nitrogens with zero attached hydrogens (tertiary/aromatic N) is 2. The molecule has 1 fully saturated rings. The number of aliphatic hydroxyl groups is 1. The van der Waals surface area contributed by atoms with Crippen LogP contribution in [0.2, 0.25) is 0 Å². The Hall–Kier alpha value is -1.45. The standard InChI is InChI=1S/C18H24N2O/c1-2-3-12-20-13-9-18(21,10-14-20)17-16-7-5-4-6-15(16)8-11-19-17/h4-8,11,21H,2-3,9-10,12-14H2,1H3. The molecule has 0 unspecified atom stereocenters. The molecule has 0 bridgehead atoms. The maximum Gasteiger partial charge on any atom is 0.110 e. The average Bonchev–Trinajstić information content (AvgIpc) is 2.54. The smallest absolute Gasteiger partial charge is 0.110 e. The molecule has 3 heteroatoms. The van der Waals surface area contributed by atoms with Gasteiger partial charge in [-0.2, -0.15) is 0 Å². The van der Waals surface area contributed by atoms with Crippen LogP contribution in [-0.2, 0) is 5.60 Å². The fourth-order valence-corrected chi connectivity index (χ4v) is 3.26. The molecule has 0 aliphatic carbocycles. The predicted molar refractivity (Wildman–Crippen MR) is 86.2 cm³/mol. The second-order valence-corrected chi connectivity index (χ2v) is 6.11. The van der Waals surface area contributed by atoms with Gasteiger partial charge in [-0.15, -0.1) is 0 Å². The molecule has 0 radical (unpaired) electrons. The van der Waals surface area contributed by atoms with E-state index in [2.05, 4.69) is 28.9 Å². The van der Waals surface area contributed by atoms with Gasteiger partial charge in [-0.1, -0.05) is 37.6 Å². The van der Waals surface area contributed by atoms with Crippen LogP contribution in [-0.4, -0.2) is 34.6 Å². The number of pyridine rings is 1. The summed E-state index contributed by atoms with van der Waals surface area (Å²) < 4.78 is 0. The first-order valence-electron chi connectivity index (χ1n) is 8.02. The zero-order valence-electron chi connectivity index (χ0n) is 12.8. The van der Waals surface area contributed by atoms with Crippen molar-refractivity contribution in [1.82, 2.24) is 9.88 Å². The van der Waals surface area contributed by atoms with Crippen molar-refractivity contribution in [2.75, 3.05) is 19.6 Å². The summed E-state index contributed by atoms with van der Waals surface area (Å²) in [5.41, 5.74) is 0.0829. The second-order valence-electron chi connectivity index (χ2n) is 6.11. The van der Waals surface area contributed by atoms with Crippen LogP contribution in [0, 0.1) is 0 Å². The van der Waals surface area contributed by atoms with Crippen LogP contribution in [0.15, 0.2) is 36.5 Å². The number of fused-ring (bicyclic) bond motifs is 1. The van der Waals surface area contributed by atoms with Crippen LogP contribution in [0.25, 0.3) is 10.8 Å². The quantitative estimate of drug-likeness (QED) is 0.935. The first kappa shape index (κ1) is 14.5. The van der Waals surface area contributed by atoms with Crippen molar-refractivity contribution in [2.45, 2.75) is 38.2 Å². The number of benzene rings is 1. The molecule has 112 valence electrons. The van der Waals surface area contributed by atoms with E-state index in [0.717, 1.165) is 48.9 Å². The van der Waals surface area contributed by atoms with Crippen molar-refractivity contribution in [1.29, 1.82) is 0 Å². The highest BCUT2D eigenvalue weighted by molar-refractivity contribution is 5.85. The van der Waals surface area contributed by atoms with Crippen molar-refractivity contribution in [2.24, 2.45) is 0 Å². The molecule has 2 aromatic rings. The van der Waals surface area contributed by atoms with Crippen LogP contribution in [0.5, 0.6) is 0 Å². The van der Waals surface area contributed by atoms with Gasteiger partial charge in [-0.25, -0.2) is 0 Å². The van der Waals surface area contributed by atoms with Crippen molar-refractivity contribution < 1.29 is 5.11 Å². The van der Waals surface area contributed by atoms with Gasteiger partial charge in [0.05, 0.1) is 5.69 Å². The van der Waals surface area contributed by atoms with Crippen LogP contribution in [0.3, 0.4) is 0 Å². The van der Waals surface area contributed by atoms with Crippen molar-refractivity contribution in [3.05, 3.63) is 42.2 Å². The Bertz CT molecular complexity index is 598. The van der Waals surface area contributed by atoms with E-state index in [-0.39, 0.29) is 0 Å². The minimum atomic E-state index is -0.774. The molecule has 1 aliphatic heterocycles. The number of likely N-dealkylation sites (tertiary alicyclic amines) is 1. The molecule has 0 spiro atoms. The Morgan fingerprint density at radius 3 is 2.71 bits per heavy atom. The van der Waals surface area contributed by atoms with E-state index in [1.54, 1.807) is 0 Å². The Kier molecular flexibility index (Phi) is 4.22. The van der Waals surface area contributed by atoms with E-state index in [9.17, 15) is 5.11 Å². The monoisotopic (exact) mass is 284 g/mol. The number of rotatable bonds is 4. The van der Waals surface area contributed by atoms with Crippen molar-refractivity contribution in [3.8, 4) is 0 Å². The summed E-state index contributed by atoms with van der Waals surface area (Å²) in [5, 5.41) is 13.3. The zero-order chi connectivity index (χ0) is 14.7. The van der Waals surface area contributed by atoms with Gasteiger partial charge in [-0.05, 0) is 37.3 Å². The third kappa shape index (κ3) is 2.94. The highest BCUT2D eigenvalue weighted by atomic mass is 16.3. The third-order valence-corrected chi connectivity index (χ3v) is 4.63. The molecule has 0 amide bonds. The number of unbranched alkanes of at least 4 members (excludes halogenated alkanes) is 1. The molecular formula is C18H24N2O. The molecule has 1 saturated heterocycles. The zero-order valence-corrected chi connectivity index (χ0v) is 12.8. The lowest BCUT2D eigenvalue weighted by atomic mass is 9.85. The Morgan fingerprint density at radius 2 is 1.95 bits per heavy atom. The van der Waals surface area contributed by atoms with Crippen LogP contribution in [0.4, 0.5) is 0 Å². The summed E-state index contributed by atoms with van der Waals surface area (Å²) in [6.45, 7) is 5.29. The highest BCUT2D eigenvalue weighted by Gasteiger charge is 2.36. The molecule has 1 aliphatic rings. The summed E-state index contributed by atoms with van der Waals surface area (Å²) >= 11 is 0. The molecule has 0 saturated carbocycles. The number of hydrogen-bond donors (Lipinski definition) is 1. The van der Waals surface area contributed by atoms with Gasteiger partial charge in [0.1, 0.15) is 5.60 Å². The van der Waals surface area contributed by atoms with Crippen molar-refractivity contribution in [3.63, 3.8) is 0 Å². The fraction of sp³-hybridized carbons (Fsp3) is 0.500. The summed E-state index contributed by atoms with van der Waals surface area (Å²) in [6.07, 6.45) is 5.84. The highest BCUT2D eigenvalue weighted by Crippen LogP contribution is 2.35. The summed E-state index contributed by atoms with van der Waals surface area (Å²) in [4.78, 5) is 6.98. The van der Waals surface area contributed by atoms with E-state index in [1.807, 2.05) is 24.4 Å². The molecule has 3 rings (SSSR count). The summed E-state index contributed by atoms with van der Waals surface area (Å²) in [5.74, 6) is 0. The maximum atomic E-state index is 11.1. The van der Waals surface area contributed by atoms with Gasteiger partial charge in [0.15, 0.2) is 0 Å². The van der Waals surface area contributed by atoms with Gasteiger partial charge >= 0.3 is 0 Å². The van der Waals surface area contributed by atoms with Gasteiger partial charge in [-0.3, -0.25) is 4.98 Å². The molecule has 21 heavy (non-hydrogen) atoms. The minimum Gasteiger partial charge on any atom is -0.383 e. The summed E-state index contributed by atoms with van der Waals surface area (Å²) in [6, 6.07) is 10.2. The van der Waals surface area contributed by atoms with Gasteiger partial charge < -0.3 is 10.0 Å². The lowest BCUT2D eigenvalue weighted by molar-refractivity contribution is -0.0281.